The molecular weight excluding hydrogens is 324 g/mol. The Bertz CT molecular complexity index is 286. The molecule has 2 rings (SSSR count). The molecule has 0 N–H and O–H groups in total. The quantitative estimate of drug-likeness (QED) is 0.421. The topological polar surface area (TPSA) is 18.5 Å². The van der Waals surface area contributed by atoms with Gasteiger partial charge >= 0.3 is 8.56 Å². The molecular formula is C22H44O2Si. The van der Waals surface area contributed by atoms with Gasteiger partial charge in [-0.15, -0.1) is 0 Å². The van der Waals surface area contributed by atoms with Crippen LogP contribution in [0.25, 0.3) is 0 Å². The summed E-state index contributed by atoms with van der Waals surface area (Å²) in [5, 5.41) is 0. The highest BCUT2D eigenvalue weighted by Gasteiger charge is 2.36. The third kappa shape index (κ3) is 8.13. The van der Waals surface area contributed by atoms with Crippen molar-refractivity contribution in [3.8, 4) is 0 Å². The van der Waals surface area contributed by atoms with E-state index in [0.29, 0.717) is 0 Å². The van der Waals surface area contributed by atoms with Crippen LogP contribution in [0.5, 0.6) is 0 Å². The third-order valence-electron chi connectivity index (χ3n) is 7.06. The molecule has 2 saturated carbocycles. The summed E-state index contributed by atoms with van der Waals surface area (Å²) in [4.78, 5) is 0. The minimum absolute atomic E-state index is 0.930. The van der Waals surface area contributed by atoms with Crippen molar-refractivity contribution in [2.45, 2.75) is 115 Å². The molecule has 0 radical (unpaired) electrons. The van der Waals surface area contributed by atoms with E-state index in [-0.39, 0.29) is 0 Å². The maximum absolute atomic E-state index is 6.10. The number of rotatable bonds is 8. The molecule has 0 bridgehead atoms. The predicted octanol–water partition coefficient (Wildman–Crippen LogP) is 7.22. The van der Waals surface area contributed by atoms with E-state index < -0.39 is 8.56 Å². The molecule has 0 unspecified atom stereocenters. The molecule has 2 fully saturated rings. The molecule has 0 amide bonds. The van der Waals surface area contributed by atoms with Gasteiger partial charge in [0.25, 0.3) is 0 Å². The zero-order chi connectivity index (χ0) is 17.8. The van der Waals surface area contributed by atoms with Crippen molar-refractivity contribution in [2.75, 3.05) is 14.2 Å². The second-order valence-electron chi connectivity index (χ2n) is 8.82. The summed E-state index contributed by atoms with van der Waals surface area (Å²) < 4.78 is 12.2. The fourth-order valence-electron chi connectivity index (χ4n) is 5.12. The Morgan fingerprint density at radius 1 is 0.560 bits per heavy atom. The molecule has 2 nitrogen and oxygen atoms in total. The summed E-state index contributed by atoms with van der Waals surface area (Å²) in [5.74, 6) is 1.86. The summed E-state index contributed by atoms with van der Waals surface area (Å²) in [6, 6.07) is 2.44. The van der Waals surface area contributed by atoms with E-state index in [4.69, 9.17) is 8.85 Å². The first-order valence-electron chi connectivity index (χ1n) is 11.4. The first kappa shape index (κ1) is 21.4. The van der Waals surface area contributed by atoms with E-state index in [1.807, 2.05) is 14.2 Å². The zero-order valence-corrected chi connectivity index (χ0v) is 18.2. The molecule has 148 valence electrons. The highest BCUT2D eigenvalue weighted by atomic mass is 28.4. The smallest absolute Gasteiger partial charge is 0.337 e. The molecule has 2 aliphatic carbocycles. The van der Waals surface area contributed by atoms with Gasteiger partial charge in [0.1, 0.15) is 0 Å². The summed E-state index contributed by atoms with van der Waals surface area (Å²) in [6.07, 6.45) is 23.0. The average molecular weight is 369 g/mol. The fourth-order valence-corrected chi connectivity index (χ4v) is 8.05. The summed E-state index contributed by atoms with van der Waals surface area (Å²) >= 11 is 0. The normalized spacial score (nSPS) is 22.8. The van der Waals surface area contributed by atoms with E-state index >= 15 is 0 Å². The Balaban J connectivity index is 1.79. The lowest BCUT2D eigenvalue weighted by Gasteiger charge is -2.31. The van der Waals surface area contributed by atoms with Crippen LogP contribution in [0.2, 0.25) is 12.1 Å². The minimum Gasteiger partial charge on any atom is -0.398 e. The van der Waals surface area contributed by atoms with Gasteiger partial charge in [0.05, 0.1) is 0 Å². The fraction of sp³-hybridized carbons (Fsp3) is 1.00. The van der Waals surface area contributed by atoms with Crippen LogP contribution in [-0.2, 0) is 8.85 Å². The van der Waals surface area contributed by atoms with Crippen molar-refractivity contribution >= 4 is 8.56 Å². The molecule has 0 saturated heterocycles. The average Bonchev–Trinajstić information content (AvgIpc) is 2.58. The van der Waals surface area contributed by atoms with E-state index in [9.17, 15) is 0 Å². The lowest BCUT2D eigenvalue weighted by molar-refractivity contribution is 0.228. The standard InChI is InChI=1S/C22H44O2Si/c1-23-25(24-2,19-17-21-13-9-5-3-6-10-14-21)20-18-22-15-11-7-4-8-12-16-22/h21-22H,3-20H2,1-2H3. The minimum atomic E-state index is -1.97. The maximum atomic E-state index is 6.10. The largest absolute Gasteiger partial charge is 0.398 e. The number of hydrogen-bond acceptors (Lipinski definition) is 2. The first-order chi connectivity index (χ1) is 12.3. The van der Waals surface area contributed by atoms with Crippen LogP contribution >= 0.6 is 0 Å². The van der Waals surface area contributed by atoms with Crippen LogP contribution < -0.4 is 0 Å². The maximum Gasteiger partial charge on any atom is 0.337 e. The van der Waals surface area contributed by atoms with Crippen molar-refractivity contribution < 1.29 is 8.85 Å². The van der Waals surface area contributed by atoms with Gasteiger partial charge in [0.15, 0.2) is 0 Å². The van der Waals surface area contributed by atoms with Gasteiger partial charge in [0, 0.05) is 14.2 Å². The summed E-state index contributed by atoms with van der Waals surface area (Å²) in [6.45, 7) is 0. The summed E-state index contributed by atoms with van der Waals surface area (Å²) in [5.41, 5.74) is 0. The van der Waals surface area contributed by atoms with Gasteiger partial charge in [-0.1, -0.05) is 89.9 Å². The molecule has 0 aliphatic heterocycles. The molecule has 3 heteroatoms. The molecule has 0 aromatic rings. The summed E-state index contributed by atoms with van der Waals surface area (Å²) in [7, 11) is 1.88. The molecule has 2 aliphatic rings. The van der Waals surface area contributed by atoms with E-state index in [2.05, 4.69) is 0 Å². The molecule has 0 heterocycles. The monoisotopic (exact) mass is 368 g/mol. The Labute approximate surface area is 158 Å². The molecule has 0 aromatic heterocycles. The van der Waals surface area contributed by atoms with Gasteiger partial charge in [0.2, 0.25) is 0 Å². The van der Waals surface area contributed by atoms with Crippen molar-refractivity contribution in [1.82, 2.24) is 0 Å². The molecule has 0 spiro atoms. The van der Waals surface area contributed by atoms with E-state index in [1.165, 1.54) is 115 Å². The molecule has 0 aromatic carbocycles. The van der Waals surface area contributed by atoms with Gasteiger partial charge in [-0.2, -0.15) is 0 Å². The highest BCUT2D eigenvalue weighted by Crippen LogP contribution is 2.33. The van der Waals surface area contributed by atoms with Gasteiger partial charge in [-0.05, 0) is 36.8 Å². The first-order valence-corrected chi connectivity index (χ1v) is 13.6. The van der Waals surface area contributed by atoms with Gasteiger partial charge < -0.3 is 8.85 Å². The second-order valence-corrected chi connectivity index (χ2v) is 12.5. The van der Waals surface area contributed by atoms with Crippen LogP contribution in [0, 0.1) is 11.8 Å². The Morgan fingerprint density at radius 3 is 1.20 bits per heavy atom. The molecule has 0 atom stereocenters. The number of hydrogen-bond donors (Lipinski definition) is 0. The third-order valence-corrected chi connectivity index (χ3v) is 10.6. The highest BCUT2D eigenvalue weighted by molar-refractivity contribution is 6.67. The van der Waals surface area contributed by atoms with Crippen molar-refractivity contribution in [3.05, 3.63) is 0 Å². The lowest BCUT2D eigenvalue weighted by atomic mass is 9.89. The van der Waals surface area contributed by atoms with Crippen LogP contribution in [0.3, 0.4) is 0 Å². The SMILES string of the molecule is CO[Si](CCC1CCCCCCC1)(CCC1CCCCCCC1)OC. The van der Waals surface area contributed by atoms with Crippen LogP contribution in [0.4, 0.5) is 0 Å². The zero-order valence-electron chi connectivity index (χ0n) is 17.2. The van der Waals surface area contributed by atoms with Crippen molar-refractivity contribution in [1.29, 1.82) is 0 Å². The molecule has 25 heavy (non-hydrogen) atoms. The van der Waals surface area contributed by atoms with E-state index in [1.54, 1.807) is 0 Å². The lowest BCUT2D eigenvalue weighted by Crippen LogP contribution is -2.40. The van der Waals surface area contributed by atoms with Crippen molar-refractivity contribution in [2.24, 2.45) is 11.8 Å². The Kier molecular flexibility index (Phi) is 10.7. The van der Waals surface area contributed by atoms with Crippen LogP contribution in [0.15, 0.2) is 0 Å². The Hall–Kier alpha value is 0.137. The van der Waals surface area contributed by atoms with Crippen molar-refractivity contribution in [3.63, 3.8) is 0 Å². The second kappa shape index (κ2) is 12.5. The van der Waals surface area contributed by atoms with Gasteiger partial charge in [-0.3, -0.25) is 0 Å². The van der Waals surface area contributed by atoms with E-state index in [0.717, 1.165) is 11.8 Å². The predicted molar refractivity (Wildman–Crippen MR) is 110 cm³/mol. The Morgan fingerprint density at radius 2 is 0.880 bits per heavy atom. The van der Waals surface area contributed by atoms with Crippen LogP contribution in [0.1, 0.15) is 103 Å². The van der Waals surface area contributed by atoms with Crippen LogP contribution in [-0.4, -0.2) is 22.8 Å². The van der Waals surface area contributed by atoms with Gasteiger partial charge in [-0.25, -0.2) is 0 Å².